The molecule has 0 aromatic carbocycles. The normalized spacial score (nSPS) is 52.8. The van der Waals surface area contributed by atoms with Crippen LogP contribution in [0.4, 0.5) is 0 Å². The summed E-state index contributed by atoms with van der Waals surface area (Å²) in [5, 5.41) is 0. The lowest BCUT2D eigenvalue weighted by molar-refractivity contribution is -0.0306. The van der Waals surface area contributed by atoms with Crippen LogP contribution >= 0.6 is 0 Å². The fourth-order valence-electron chi connectivity index (χ4n) is 6.08. The second kappa shape index (κ2) is 4.45. The van der Waals surface area contributed by atoms with Crippen LogP contribution in [0, 0.1) is 29.6 Å². The van der Waals surface area contributed by atoms with Gasteiger partial charge in [-0.2, -0.15) is 0 Å². The van der Waals surface area contributed by atoms with Crippen LogP contribution in [0.25, 0.3) is 0 Å². The van der Waals surface area contributed by atoms with Crippen molar-refractivity contribution in [2.24, 2.45) is 29.6 Å². The fourth-order valence-corrected chi connectivity index (χ4v) is 6.08. The summed E-state index contributed by atoms with van der Waals surface area (Å²) in [5.41, 5.74) is 1.75. The van der Waals surface area contributed by atoms with Gasteiger partial charge in [-0.05, 0) is 62.2 Å². The van der Waals surface area contributed by atoms with E-state index in [9.17, 15) is 0 Å². The molecule has 2 heteroatoms. The zero-order valence-electron chi connectivity index (χ0n) is 12.0. The number of ether oxygens (including phenoxy) is 2. The molecule has 7 unspecified atom stereocenters. The predicted molar refractivity (Wildman–Crippen MR) is 77.0 cm³/mol. The number of rotatable bonds is 0. The van der Waals surface area contributed by atoms with Gasteiger partial charge < -0.3 is 9.47 Å². The minimum atomic E-state index is 0.419. The van der Waals surface area contributed by atoms with E-state index in [1.165, 1.54) is 38.5 Å². The van der Waals surface area contributed by atoms with Gasteiger partial charge in [-0.15, -0.1) is 0 Å². The molecule has 5 rings (SSSR count). The summed E-state index contributed by atoms with van der Waals surface area (Å²) < 4.78 is 11.7. The highest BCUT2D eigenvalue weighted by Gasteiger charge is 2.55. The highest BCUT2D eigenvalue weighted by atomic mass is 16.7. The SMILES string of the molecule is C1=CC2C(=CC1)CCC1C2CCC2C1CC1OCOC12. The second-order valence-corrected chi connectivity index (χ2v) is 7.43. The van der Waals surface area contributed by atoms with E-state index in [1.54, 1.807) is 5.57 Å². The summed E-state index contributed by atoms with van der Waals surface area (Å²) in [4.78, 5) is 0. The summed E-state index contributed by atoms with van der Waals surface area (Å²) in [6.45, 7) is 0.547. The highest BCUT2D eigenvalue weighted by molar-refractivity contribution is 5.25. The lowest BCUT2D eigenvalue weighted by atomic mass is 9.57. The summed E-state index contributed by atoms with van der Waals surface area (Å²) in [5.74, 6) is 4.27. The maximum atomic E-state index is 5.89. The van der Waals surface area contributed by atoms with Gasteiger partial charge in [0.1, 0.15) is 6.79 Å². The van der Waals surface area contributed by atoms with Gasteiger partial charge in [-0.3, -0.25) is 0 Å². The van der Waals surface area contributed by atoms with E-state index in [1.807, 2.05) is 0 Å². The van der Waals surface area contributed by atoms with Gasteiger partial charge in [-0.25, -0.2) is 0 Å². The van der Waals surface area contributed by atoms with Crippen LogP contribution in [-0.2, 0) is 9.47 Å². The Labute approximate surface area is 121 Å². The first-order chi connectivity index (χ1) is 9.92. The summed E-state index contributed by atoms with van der Waals surface area (Å²) in [6.07, 6.45) is 16.2. The molecule has 2 nitrogen and oxygen atoms in total. The Morgan fingerprint density at radius 1 is 0.950 bits per heavy atom. The molecule has 4 fully saturated rings. The molecule has 0 bridgehead atoms. The van der Waals surface area contributed by atoms with Crippen molar-refractivity contribution in [3.8, 4) is 0 Å². The predicted octanol–water partition coefficient (Wildman–Crippen LogP) is 3.69. The van der Waals surface area contributed by atoms with Crippen LogP contribution in [0.5, 0.6) is 0 Å². The molecule has 1 heterocycles. The van der Waals surface area contributed by atoms with Crippen LogP contribution in [0.15, 0.2) is 23.8 Å². The molecule has 3 saturated carbocycles. The van der Waals surface area contributed by atoms with Crippen molar-refractivity contribution in [1.29, 1.82) is 0 Å². The van der Waals surface area contributed by atoms with Crippen molar-refractivity contribution in [3.05, 3.63) is 23.8 Å². The molecule has 0 radical (unpaired) electrons. The van der Waals surface area contributed by atoms with Crippen molar-refractivity contribution < 1.29 is 9.47 Å². The van der Waals surface area contributed by atoms with Crippen molar-refractivity contribution >= 4 is 0 Å². The van der Waals surface area contributed by atoms with Gasteiger partial charge in [0.05, 0.1) is 12.2 Å². The molecule has 0 spiro atoms. The lowest BCUT2D eigenvalue weighted by Gasteiger charge is -2.48. The molecule has 5 aliphatic rings. The van der Waals surface area contributed by atoms with E-state index in [2.05, 4.69) is 18.2 Å². The molecular formula is C18H24O2. The van der Waals surface area contributed by atoms with Crippen molar-refractivity contribution in [2.75, 3.05) is 6.79 Å². The Kier molecular flexibility index (Phi) is 2.67. The smallest absolute Gasteiger partial charge is 0.147 e. The van der Waals surface area contributed by atoms with Gasteiger partial charge in [0.15, 0.2) is 0 Å². The molecule has 0 aromatic rings. The number of hydrogen-bond acceptors (Lipinski definition) is 2. The third kappa shape index (κ3) is 1.58. The van der Waals surface area contributed by atoms with E-state index in [0.29, 0.717) is 19.0 Å². The number of fused-ring (bicyclic) bond motifs is 7. The van der Waals surface area contributed by atoms with Crippen molar-refractivity contribution in [1.82, 2.24) is 0 Å². The summed E-state index contributed by atoms with van der Waals surface area (Å²) in [7, 11) is 0. The fraction of sp³-hybridized carbons (Fsp3) is 0.778. The maximum absolute atomic E-state index is 5.89. The molecule has 20 heavy (non-hydrogen) atoms. The van der Waals surface area contributed by atoms with Crippen molar-refractivity contribution in [3.63, 3.8) is 0 Å². The Hall–Kier alpha value is -0.600. The zero-order chi connectivity index (χ0) is 13.1. The van der Waals surface area contributed by atoms with Gasteiger partial charge in [0, 0.05) is 5.92 Å². The first kappa shape index (κ1) is 12.0. The lowest BCUT2D eigenvalue weighted by Crippen LogP contribution is -2.41. The quantitative estimate of drug-likeness (QED) is 0.626. The Morgan fingerprint density at radius 2 is 1.90 bits per heavy atom. The molecule has 0 amide bonds. The Morgan fingerprint density at radius 3 is 2.90 bits per heavy atom. The third-order valence-corrected chi connectivity index (χ3v) is 6.83. The van der Waals surface area contributed by atoms with Crippen LogP contribution < -0.4 is 0 Å². The number of allylic oxidation sites excluding steroid dienone is 4. The average Bonchev–Trinajstić information content (AvgIpc) is 3.07. The van der Waals surface area contributed by atoms with Gasteiger partial charge in [0.2, 0.25) is 0 Å². The van der Waals surface area contributed by atoms with Crippen LogP contribution in [0.2, 0.25) is 0 Å². The first-order valence-electron chi connectivity index (χ1n) is 8.50. The van der Waals surface area contributed by atoms with Crippen LogP contribution in [-0.4, -0.2) is 19.0 Å². The maximum Gasteiger partial charge on any atom is 0.147 e. The Bertz CT molecular complexity index is 466. The van der Waals surface area contributed by atoms with Crippen LogP contribution in [0.3, 0.4) is 0 Å². The molecule has 108 valence electrons. The van der Waals surface area contributed by atoms with Gasteiger partial charge in [0.25, 0.3) is 0 Å². The molecule has 4 aliphatic carbocycles. The third-order valence-electron chi connectivity index (χ3n) is 6.83. The van der Waals surface area contributed by atoms with Gasteiger partial charge >= 0.3 is 0 Å². The topological polar surface area (TPSA) is 18.5 Å². The molecule has 7 atom stereocenters. The first-order valence-corrected chi connectivity index (χ1v) is 8.50. The zero-order valence-corrected chi connectivity index (χ0v) is 12.0. The largest absolute Gasteiger partial charge is 0.349 e. The van der Waals surface area contributed by atoms with Gasteiger partial charge in [-0.1, -0.05) is 23.8 Å². The summed E-state index contributed by atoms with van der Waals surface area (Å²) >= 11 is 0. The van der Waals surface area contributed by atoms with E-state index in [-0.39, 0.29) is 0 Å². The van der Waals surface area contributed by atoms with E-state index in [0.717, 1.165) is 29.6 Å². The average molecular weight is 272 g/mol. The van der Waals surface area contributed by atoms with E-state index >= 15 is 0 Å². The second-order valence-electron chi connectivity index (χ2n) is 7.43. The number of hydrogen-bond donors (Lipinski definition) is 0. The molecule has 0 aromatic heterocycles. The van der Waals surface area contributed by atoms with E-state index < -0.39 is 0 Å². The standard InChI is InChI=1S/C18H24O2/c1-2-4-12-11(3-1)5-6-14-13(12)7-8-15-16(14)9-17-18(15)20-10-19-17/h2-4,12-18H,1,5-10H2. The van der Waals surface area contributed by atoms with Crippen molar-refractivity contribution in [2.45, 2.75) is 50.7 Å². The van der Waals surface area contributed by atoms with Crippen LogP contribution in [0.1, 0.15) is 38.5 Å². The highest BCUT2D eigenvalue weighted by Crippen LogP contribution is 2.57. The van der Waals surface area contributed by atoms with E-state index in [4.69, 9.17) is 9.47 Å². The molecular weight excluding hydrogens is 248 g/mol. The molecule has 0 N–H and O–H groups in total. The molecule has 1 aliphatic heterocycles. The monoisotopic (exact) mass is 272 g/mol. The minimum absolute atomic E-state index is 0.419. The summed E-state index contributed by atoms with van der Waals surface area (Å²) in [6, 6.07) is 0. The molecule has 1 saturated heterocycles. The minimum Gasteiger partial charge on any atom is -0.349 e. The Balaban J connectivity index is 1.43.